The van der Waals surface area contributed by atoms with E-state index in [1.807, 2.05) is 19.1 Å². The highest BCUT2D eigenvalue weighted by Gasteiger charge is 2.41. The third kappa shape index (κ3) is 6.59. The van der Waals surface area contributed by atoms with Gasteiger partial charge in [0.05, 0.1) is 5.71 Å². The molecule has 4 rings (SSSR count). The van der Waals surface area contributed by atoms with E-state index in [9.17, 15) is 32.7 Å². The summed E-state index contributed by atoms with van der Waals surface area (Å²) in [6, 6.07) is 12.1. The predicted octanol–water partition coefficient (Wildman–Crippen LogP) is 3.97. The Morgan fingerprint density at radius 1 is 1.16 bits per heavy atom. The number of amides is 2. The molecule has 202 valence electrons. The number of benzene rings is 2. The number of nitrogens with two attached hydrogens (primary N) is 1. The number of primary amides is 1. The number of ketones is 1. The Bertz CT molecular complexity index is 1270. The number of Topliss-reactive ketones (excluding diaryl/α,β-unsaturated/α-hetero) is 1. The molecule has 0 unspecified atom stereocenters. The molecule has 1 aliphatic carbocycles. The van der Waals surface area contributed by atoms with Gasteiger partial charge in [-0.2, -0.15) is 13.2 Å². The summed E-state index contributed by atoms with van der Waals surface area (Å²) in [4.78, 5) is 43.4. The van der Waals surface area contributed by atoms with Gasteiger partial charge in [-0.3, -0.25) is 19.4 Å². The van der Waals surface area contributed by atoms with E-state index in [4.69, 9.17) is 5.73 Å². The van der Waals surface area contributed by atoms with Crippen LogP contribution in [0.5, 0.6) is 5.75 Å². The first-order valence-corrected chi connectivity index (χ1v) is 12.6. The molecule has 2 aliphatic rings. The maximum Gasteiger partial charge on any atom is 0.389 e. The summed E-state index contributed by atoms with van der Waals surface area (Å²) in [6.45, 7) is 1.88. The van der Waals surface area contributed by atoms with Crippen LogP contribution >= 0.6 is 0 Å². The third-order valence-corrected chi connectivity index (χ3v) is 7.10. The Hall–Kier alpha value is -3.69. The number of carbonyl (C=O) groups excluding carboxylic acids is 3. The maximum absolute atomic E-state index is 13.4. The first-order valence-electron chi connectivity index (χ1n) is 12.6. The molecule has 38 heavy (non-hydrogen) atoms. The molecule has 1 aliphatic heterocycles. The van der Waals surface area contributed by atoms with Crippen LogP contribution in [0.15, 0.2) is 47.5 Å². The predicted molar refractivity (Wildman–Crippen MR) is 134 cm³/mol. The van der Waals surface area contributed by atoms with Crippen LogP contribution in [0.4, 0.5) is 13.2 Å². The quantitative estimate of drug-likeness (QED) is 0.455. The number of aliphatic imine (C=N–C) groups is 1. The van der Waals surface area contributed by atoms with Gasteiger partial charge in [0.2, 0.25) is 11.8 Å². The van der Waals surface area contributed by atoms with Crippen molar-refractivity contribution in [1.82, 2.24) is 5.32 Å². The normalized spacial score (nSPS) is 19.1. The van der Waals surface area contributed by atoms with Crippen molar-refractivity contribution >= 4 is 23.3 Å². The summed E-state index contributed by atoms with van der Waals surface area (Å²) < 4.78 is 39.3. The summed E-state index contributed by atoms with van der Waals surface area (Å²) in [5.41, 5.74) is 8.30. The smallest absolute Gasteiger partial charge is 0.389 e. The summed E-state index contributed by atoms with van der Waals surface area (Å²) in [6.07, 6.45) is -6.24. The van der Waals surface area contributed by atoms with E-state index in [1.54, 1.807) is 24.3 Å². The van der Waals surface area contributed by atoms with Crippen molar-refractivity contribution in [3.05, 3.63) is 64.7 Å². The van der Waals surface area contributed by atoms with E-state index < -0.39 is 54.6 Å². The molecule has 2 aromatic rings. The molecule has 2 aromatic carbocycles. The van der Waals surface area contributed by atoms with Gasteiger partial charge in [-0.25, -0.2) is 0 Å². The van der Waals surface area contributed by atoms with Gasteiger partial charge >= 0.3 is 6.18 Å². The zero-order chi connectivity index (χ0) is 27.6. The van der Waals surface area contributed by atoms with Crippen molar-refractivity contribution in [2.75, 3.05) is 0 Å². The minimum atomic E-state index is -4.53. The summed E-state index contributed by atoms with van der Waals surface area (Å²) in [5, 5.41) is 13.0. The highest BCUT2D eigenvalue weighted by molar-refractivity contribution is 6.16. The standard InChI is InChI=1S/C28H30F3N3O4/c1-15-4-2-5-17(12-15)24-18-6-3-7-22(35)20(18)14-23(36)26(33-24)34-27(38)19(10-11-28(29,30)31)21(25(32)37)13-16-8-9-16/h2-7,12,16,19,21,26,35H,8-11,13-14H2,1H3,(H2,32,37)(H,34,38)/t19-,21+,26-/m1/s1. The highest BCUT2D eigenvalue weighted by atomic mass is 19.4. The van der Waals surface area contributed by atoms with E-state index in [-0.39, 0.29) is 24.5 Å². The first kappa shape index (κ1) is 27.3. The van der Waals surface area contributed by atoms with E-state index in [0.717, 1.165) is 18.4 Å². The van der Waals surface area contributed by atoms with Gasteiger partial charge in [0.25, 0.3) is 0 Å². The number of halogens is 3. The Balaban J connectivity index is 1.69. The lowest BCUT2D eigenvalue weighted by atomic mass is 9.83. The number of alkyl halides is 3. The lowest BCUT2D eigenvalue weighted by Crippen LogP contribution is -2.47. The molecular formula is C28H30F3N3O4. The van der Waals surface area contributed by atoms with Crippen LogP contribution in [0.25, 0.3) is 0 Å². The maximum atomic E-state index is 13.4. The molecule has 10 heteroatoms. The molecule has 3 atom stereocenters. The second-order valence-corrected chi connectivity index (χ2v) is 10.2. The van der Waals surface area contributed by atoms with E-state index in [1.165, 1.54) is 6.07 Å². The van der Waals surface area contributed by atoms with Gasteiger partial charge in [0.1, 0.15) is 5.75 Å². The molecule has 4 N–H and O–H groups in total. The topological polar surface area (TPSA) is 122 Å². The second-order valence-electron chi connectivity index (χ2n) is 10.2. The van der Waals surface area contributed by atoms with Gasteiger partial charge in [-0.1, -0.05) is 48.7 Å². The number of phenols is 1. The van der Waals surface area contributed by atoms with Crippen molar-refractivity contribution in [3.8, 4) is 5.75 Å². The largest absolute Gasteiger partial charge is 0.508 e. The lowest BCUT2D eigenvalue weighted by Gasteiger charge is -2.26. The molecule has 0 saturated heterocycles. The van der Waals surface area contributed by atoms with Crippen LogP contribution in [0.1, 0.15) is 54.4 Å². The van der Waals surface area contributed by atoms with E-state index >= 15 is 0 Å². The Kier molecular flexibility index (Phi) is 7.89. The van der Waals surface area contributed by atoms with Crippen molar-refractivity contribution in [2.24, 2.45) is 28.5 Å². The molecule has 0 bridgehead atoms. The third-order valence-electron chi connectivity index (χ3n) is 7.10. The van der Waals surface area contributed by atoms with Crippen LogP contribution in [0.3, 0.4) is 0 Å². The molecule has 1 fully saturated rings. The Morgan fingerprint density at radius 3 is 2.50 bits per heavy atom. The van der Waals surface area contributed by atoms with E-state index in [2.05, 4.69) is 10.3 Å². The number of hydrogen-bond donors (Lipinski definition) is 3. The van der Waals surface area contributed by atoms with Crippen LogP contribution in [-0.2, 0) is 20.8 Å². The number of carbonyl (C=O) groups is 3. The lowest BCUT2D eigenvalue weighted by molar-refractivity contribution is -0.146. The summed E-state index contributed by atoms with van der Waals surface area (Å²) >= 11 is 0. The van der Waals surface area contributed by atoms with Crippen LogP contribution in [-0.4, -0.2) is 40.8 Å². The number of nitrogens with one attached hydrogen (secondary N) is 1. The first-order chi connectivity index (χ1) is 17.9. The zero-order valence-corrected chi connectivity index (χ0v) is 20.9. The Labute approximate surface area is 218 Å². The minimum absolute atomic E-state index is 0.107. The van der Waals surface area contributed by atoms with Crippen LogP contribution in [0, 0.1) is 24.7 Å². The van der Waals surface area contributed by atoms with E-state index in [0.29, 0.717) is 22.4 Å². The molecule has 2 amide bonds. The number of aromatic hydroxyl groups is 1. The Morgan fingerprint density at radius 2 is 1.87 bits per heavy atom. The van der Waals surface area contributed by atoms with Crippen LogP contribution < -0.4 is 11.1 Å². The fraction of sp³-hybridized carbons (Fsp3) is 0.429. The van der Waals surface area contributed by atoms with Crippen LogP contribution in [0.2, 0.25) is 0 Å². The zero-order valence-electron chi connectivity index (χ0n) is 20.9. The molecule has 1 saturated carbocycles. The van der Waals surface area contributed by atoms with Crippen molar-refractivity contribution in [1.29, 1.82) is 0 Å². The van der Waals surface area contributed by atoms with Crippen molar-refractivity contribution < 1.29 is 32.7 Å². The van der Waals surface area contributed by atoms with Gasteiger partial charge in [0, 0.05) is 41.4 Å². The number of aryl methyl sites for hydroxylation is 1. The fourth-order valence-corrected chi connectivity index (χ4v) is 4.93. The summed E-state index contributed by atoms with van der Waals surface area (Å²) in [5.74, 6) is -4.68. The number of fused-ring (bicyclic) bond motifs is 1. The average molecular weight is 530 g/mol. The van der Waals surface area contributed by atoms with Gasteiger partial charge in [-0.15, -0.1) is 0 Å². The number of phenolic OH excluding ortho intramolecular Hbond substituents is 1. The van der Waals surface area contributed by atoms with Gasteiger partial charge in [-0.05, 0) is 37.8 Å². The average Bonchev–Trinajstić information content (AvgIpc) is 3.66. The van der Waals surface area contributed by atoms with Gasteiger partial charge < -0.3 is 16.2 Å². The van der Waals surface area contributed by atoms with Crippen molar-refractivity contribution in [3.63, 3.8) is 0 Å². The summed E-state index contributed by atoms with van der Waals surface area (Å²) in [7, 11) is 0. The SMILES string of the molecule is Cc1cccc(C2=N[C@H](NC(=O)[C@H](CCC(F)(F)F)[C@H](CC3CC3)C(N)=O)C(=O)Cc3c(O)cccc32)c1. The number of hydrogen-bond acceptors (Lipinski definition) is 5. The molecule has 0 radical (unpaired) electrons. The molecule has 0 spiro atoms. The molecular weight excluding hydrogens is 499 g/mol. The highest BCUT2D eigenvalue weighted by Crippen LogP contribution is 2.39. The molecule has 1 heterocycles. The van der Waals surface area contributed by atoms with Gasteiger partial charge in [0.15, 0.2) is 11.9 Å². The molecule has 7 nitrogen and oxygen atoms in total. The van der Waals surface area contributed by atoms with Crippen molar-refractivity contribution in [2.45, 2.75) is 57.8 Å². The monoisotopic (exact) mass is 529 g/mol. The number of rotatable bonds is 9. The fourth-order valence-electron chi connectivity index (χ4n) is 4.93. The molecule has 0 aromatic heterocycles. The minimum Gasteiger partial charge on any atom is -0.508 e. The number of nitrogens with zero attached hydrogens (tertiary/aromatic N) is 1. The second kappa shape index (κ2) is 11.0.